The Morgan fingerprint density at radius 1 is 1.06 bits per heavy atom. The molecule has 31 heavy (non-hydrogen) atoms. The highest BCUT2D eigenvalue weighted by molar-refractivity contribution is 6.36. The molecule has 2 aromatic carbocycles. The van der Waals surface area contributed by atoms with Crippen molar-refractivity contribution in [1.29, 1.82) is 0 Å². The van der Waals surface area contributed by atoms with Gasteiger partial charge in [-0.05, 0) is 55.7 Å². The highest BCUT2D eigenvalue weighted by Gasteiger charge is 2.29. The molecule has 0 aliphatic heterocycles. The van der Waals surface area contributed by atoms with Gasteiger partial charge in [0.1, 0.15) is 11.8 Å². The van der Waals surface area contributed by atoms with Gasteiger partial charge in [-0.25, -0.2) is 0 Å². The maximum absolute atomic E-state index is 13.2. The minimum Gasteiger partial charge on any atom is -0.484 e. The van der Waals surface area contributed by atoms with E-state index < -0.39 is 6.04 Å². The lowest BCUT2D eigenvalue weighted by atomic mass is 10.1. The Labute approximate surface area is 198 Å². The molecule has 0 fully saturated rings. The van der Waals surface area contributed by atoms with Crippen molar-refractivity contribution in [1.82, 2.24) is 10.2 Å². The van der Waals surface area contributed by atoms with E-state index in [2.05, 4.69) is 5.32 Å². The van der Waals surface area contributed by atoms with E-state index >= 15 is 0 Å². The molecule has 2 aromatic rings. The van der Waals surface area contributed by atoms with Gasteiger partial charge in [0, 0.05) is 33.7 Å². The highest BCUT2D eigenvalue weighted by atomic mass is 35.5. The summed E-state index contributed by atoms with van der Waals surface area (Å²) in [5.41, 5.74) is 1.43. The van der Waals surface area contributed by atoms with Crippen molar-refractivity contribution in [3.05, 3.63) is 62.6 Å². The second kappa shape index (κ2) is 12.2. The summed E-state index contributed by atoms with van der Waals surface area (Å²) in [7, 11) is 0. The molecule has 0 bridgehead atoms. The SMILES string of the molecule is CCCNC(=O)C(CC)N(Cc1c(Cl)cccc1Cl)C(=O)COc1ccc(Cl)c(C)c1. The molecule has 2 rings (SSSR count). The van der Waals surface area contributed by atoms with Crippen LogP contribution in [0.4, 0.5) is 0 Å². The summed E-state index contributed by atoms with van der Waals surface area (Å²) in [6.45, 7) is 6.07. The highest BCUT2D eigenvalue weighted by Crippen LogP contribution is 2.27. The maximum Gasteiger partial charge on any atom is 0.261 e. The summed E-state index contributed by atoms with van der Waals surface area (Å²) in [6, 6.07) is 9.64. The van der Waals surface area contributed by atoms with E-state index in [1.807, 2.05) is 20.8 Å². The predicted octanol–water partition coefficient (Wildman–Crippen LogP) is 5.67. The van der Waals surface area contributed by atoms with Crippen molar-refractivity contribution < 1.29 is 14.3 Å². The maximum atomic E-state index is 13.2. The fraction of sp³-hybridized carbons (Fsp3) is 0.391. The Balaban J connectivity index is 2.27. The van der Waals surface area contributed by atoms with E-state index in [0.717, 1.165) is 12.0 Å². The first-order valence-corrected chi connectivity index (χ1v) is 11.3. The zero-order valence-corrected chi connectivity index (χ0v) is 20.2. The molecule has 0 aliphatic carbocycles. The number of halogens is 3. The first-order valence-electron chi connectivity index (χ1n) is 10.2. The Morgan fingerprint density at radius 3 is 2.32 bits per heavy atom. The molecule has 2 amide bonds. The number of benzene rings is 2. The number of nitrogens with one attached hydrogen (secondary N) is 1. The van der Waals surface area contributed by atoms with Gasteiger partial charge >= 0.3 is 0 Å². The van der Waals surface area contributed by atoms with E-state index in [0.29, 0.717) is 39.3 Å². The first-order chi connectivity index (χ1) is 14.8. The predicted molar refractivity (Wildman–Crippen MR) is 126 cm³/mol. The van der Waals surface area contributed by atoms with Crippen LogP contribution in [0.5, 0.6) is 5.75 Å². The summed E-state index contributed by atoms with van der Waals surface area (Å²) in [4.78, 5) is 27.4. The van der Waals surface area contributed by atoms with Gasteiger partial charge in [0.2, 0.25) is 5.91 Å². The van der Waals surface area contributed by atoms with Crippen molar-refractivity contribution in [2.45, 2.75) is 46.2 Å². The van der Waals surface area contributed by atoms with E-state index in [9.17, 15) is 9.59 Å². The number of carbonyl (C=O) groups excluding carboxylic acids is 2. The van der Waals surface area contributed by atoms with Gasteiger partial charge in [0.25, 0.3) is 5.91 Å². The van der Waals surface area contributed by atoms with E-state index in [1.54, 1.807) is 36.4 Å². The second-order valence-electron chi connectivity index (χ2n) is 7.14. The van der Waals surface area contributed by atoms with Crippen molar-refractivity contribution in [2.75, 3.05) is 13.2 Å². The molecule has 0 spiro atoms. The fourth-order valence-corrected chi connectivity index (χ4v) is 3.71. The number of rotatable bonds is 10. The van der Waals surface area contributed by atoms with Crippen LogP contribution in [-0.2, 0) is 16.1 Å². The van der Waals surface area contributed by atoms with Gasteiger partial charge in [0.05, 0.1) is 0 Å². The Morgan fingerprint density at radius 2 is 1.74 bits per heavy atom. The smallest absolute Gasteiger partial charge is 0.261 e. The molecule has 0 aromatic heterocycles. The monoisotopic (exact) mass is 484 g/mol. The Hall–Kier alpha value is -1.95. The average Bonchev–Trinajstić information content (AvgIpc) is 2.74. The summed E-state index contributed by atoms with van der Waals surface area (Å²) >= 11 is 18.7. The van der Waals surface area contributed by atoms with Gasteiger partial charge in [-0.2, -0.15) is 0 Å². The zero-order chi connectivity index (χ0) is 23.0. The lowest BCUT2D eigenvalue weighted by molar-refractivity contribution is -0.143. The minimum atomic E-state index is -0.679. The summed E-state index contributed by atoms with van der Waals surface area (Å²) in [5.74, 6) is -0.0419. The van der Waals surface area contributed by atoms with Crippen LogP contribution in [0.3, 0.4) is 0 Å². The van der Waals surface area contributed by atoms with Gasteiger partial charge in [0.15, 0.2) is 6.61 Å². The number of ether oxygens (including phenoxy) is 1. The summed E-state index contributed by atoms with van der Waals surface area (Å²) in [6.07, 6.45) is 1.23. The van der Waals surface area contributed by atoms with E-state index in [-0.39, 0.29) is 25.0 Å². The molecule has 1 atom stereocenters. The zero-order valence-electron chi connectivity index (χ0n) is 17.9. The van der Waals surface area contributed by atoms with Crippen LogP contribution in [0.25, 0.3) is 0 Å². The Bertz CT molecular complexity index is 901. The van der Waals surface area contributed by atoms with Gasteiger partial charge in [-0.3, -0.25) is 9.59 Å². The molecular weight excluding hydrogens is 459 g/mol. The third-order valence-electron chi connectivity index (χ3n) is 4.82. The van der Waals surface area contributed by atoms with Crippen LogP contribution in [0, 0.1) is 6.92 Å². The Kier molecular flexibility index (Phi) is 9.94. The summed E-state index contributed by atoms with van der Waals surface area (Å²) < 4.78 is 5.69. The van der Waals surface area contributed by atoms with E-state index in [1.165, 1.54) is 4.90 Å². The molecule has 1 unspecified atom stereocenters. The number of carbonyl (C=O) groups is 2. The molecular formula is C23H27Cl3N2O3. The van der Waals surface area contributed by atoms with Crippen molar-refractivity contribution in [2.24, 2.45) is 0 Å². The lowest BCUT2D eigenvalue weighted by Gasteiger charge is -2.31. The number of hydrogen-bond acceptors (Lipinski definition) is 3. The largest absolute Gasteiger partial charge is 0.484 e. The van der Waals surface area contributed by atoms with Crippen LogP contribution < -0.4 is 10.1 Å². The summed E-state index contributed by atoms with van der Waals surface area (Å²) in [5, 5.41) is 4.35. The van der Waals surface area contributed by atoms with E-state index in [4.69, 9.17) is 39.5 Å². The molecule has 0 saturated heterocycles. The van der Waals surface area contributed by atoms with Crippen LogP contribution in [0.2, 0.25) is 15.1 Å². The van der Waals surface area contributed by atoms with Gasteiger partial charge in [-0.15, -0.1) is 0 Å². The fourth-order valence-electron chi connectivity index (χ4n) is 3.07. The molecule has 5 nitrogen and oxygen atoms in total. The third-order valence-corrected chi connectivity index (χ3v) is 5.95. The molecule has 0 heterocycles. The number of aryl methyl sites for hydroxylation is 1. The standard InChI is InChI=1S/C23H27Cl3N2O3/c1-4-11-27-23(30)21(5-2)28(13-17-19(25)7-6-8-20(17)26)22(29)14-31-16-9-10-18(24)15(3)12-16/h6-10,12,21H,4-5,11,13-14H2,1-3H3,(H,27,30). The van der Waals surface area contributed by atoms with Crippen molar-refractivity contribution >= 4 is 46.6 Å². The second-order valence-corrected chi connectivity index (χ2v) is 8.36. The molecule has 0 saturated carbocycles. The average molecular weight is 486 g/mol. The van der Waals surface area contributed by atoms with Crippen molar-refractivity contribution in [3.63, 3.8) is 0 Å². The quantitative estimate of drug-likeness (QED) is 0.472. The molecule has 8 heteroatoms. The molecule has 0 radical (unpaired) electrons. The van der Waals surface area contributed by atoms with Crippen LogP contribution in [-0.4, -0.2) is 35.9 Å². The van der Waals surface area contributed by atoms with Crippen LogP contribution >= 0.6 is 34.8 Å². The molecule has 168 valence electrons. The van der Waals surface area contributed by atoms with Crippen LogP contribution in [0.1, 0.15) is 37.8 Å². The number of hydrogen-bond donors (Lipinski definition) is 1. The third kappa shape index (κ3) is 7.03. The topological polar surface area (TPSA) is 58.6 Å². The molecule has 0 aliphatic rings. The number of amides is 2. The van der Waals surface area contributed by atoms with Crippen LogP contribution in [0.15, 0.2) is 36.4 Å². The number of nitrogens with zero attached hydrogens (tertiary/aromatic N) is 1. The van der Waals surface area contributed by atoms with Gasteiger partial charge < -0.3 is 15.0 Å². The first kappa shape index (κ1) is 25.3. The lowest BCUT2D eigenvalue weighted by Crippen LogP contribution is -2.50. The molecule has 1 N–H and O–H groups in total. The minimum absolute atomic E-state index is 0.0956. The van der Waals surface area contributed by atoms with Gasteiger partial charge in [-0.1, -0.05) is 54.7 Å². The van der Waals surface area contributed by atoms with Crippen molar-refractivity contribution in [3.8, 4) is 5.75 Å². The normalized spacial score (nSPS) is 11.7.